The number of anilines is 6. The summed E-state index contributed by atoms with van der Waals surface area (Å²) >= 11 is 0. The van der Waals surface area contributed by atoms with E-state index in [1.54, 1.807) is 26.2 Å². The molecular weight excluding hydrogens is 745 g/mol. The Bertz CT molecular complexity index is 2040. The highest BCUT2D eigenvalue weighted by Gasteiger charge is 2.28. The topological polar surface area (TPSA) is 158 Å². The zero-order valence-corrected chi connectivity index (χ0v) is 35.4. The number of aromatic nitrogens is 6. The summed E-state index contributed by atoms with van der Waals surface area (Å²) in [6, 6.07) is 12.0. The Hall–Kier alpha value is -5.44. The van der Waals surface area contributed by atoms with Gasteiger partial charge in [-0.05, 0) is 93.7 Å². The molecule has 4 aromatic heterocycles. The number of morpholine rings is 1. The van der Waals surface area contributed by atoms with Gasteiger partial charge in [-0.3, -0.25) is 9.59 Å². The SMILES string of the molecule is CC(=O)N1CCC(c2cc(Nc3cc(C)ccn3)nc(N3CCOCC3)n2)CC1.CC(=O)N1CCCC(c2cc(Nc3cc(C)ccn3)nc(N3CCC(C)CC3)n2)C1. The van der Waals surface area contributed by atoms with Gasteiger partial charge in [0.25, 0.3) is 0 Å². The van der Waals surface area contributed by atoms with Gasteiger partial charge in [0.15, 0.2) is 0 Å². The second kappa shape index (κ2) is 19.5. The minimum Gasteiger partial charge on any atom is -0.378 e. The second-order valence-electron chi connectivity index (χ2n) is 16.5. The van der Waals surface area contributed by atoms with Crippen LogP contribution in [0, 0.1) is 19.8 Å². The maximum Gasteiger partial charge on any atom is 0.227 e. The van der Waals surface area contributed by atoms with Crippen LogP contribution >= 0.6 is 0 Å². The van der Waals surface area contributed by atoms with Crippen molar-refractivity contribution >= 4 is 47.0 Å². The van der Waals surface area contributed by atoms with Gasteiger partial charge in [-0.1, -0.05) is 6.92 Å². The predicted octanol–water partition coefficient (Wildman–Crippen LogP) is 6.37. The van der Waals surface area contributed by atoms with Gasteiger partial charge in [0, 0.05) is 103 Å². The number of carbonyl (C=O) groups is 2. The van der Waals surface area contributed by atoms with E-state index in [9.17, 15) is 9.59 Å². The quantitative estimate of drug-likeness (QED) is 0.203. The van der Waals surface area contributed by atoms with Crippen LogP contribution in [-0.4, -0.2) is 117 Å². The summed E-state index contributed by atoms with van der Waals surface area (Å²) in [4.78, 5) is 60.2. The zero-order chi connectivity index (χ0) is 41.3. The van der Waals surface area contributed by atoms with Gasteiger partial charge in [0.1, 0.15) is 23.3 Å². The monoisotopic (exact) mass is 804 g/mol. The van der Waals surface area contributed by atoms with E-state index < -0.39 is 0 Å². The van der Waals surface area contributed by atoms with E-state index in [2.05, 4.69) is 44.2 Å². The molecule has 15 heteroatoms. The Morgan fingerprint density at radius 2 is 1.14 bits per heavy atom. The van der Waals surface area contributed by atoms with Crippen LogP contribution in [0.5, 0.6) is 0 Å². The third-order valence-electron chi connectivity index (χ3n) is 11.8. The summed E-state index contributed by atoms with van der Waals surface area (Å²) in [6.07, 6.45) is 9.81. The minimum atomic E-state index is 0.140. The first-order chi connectivity index (χ1) is 28.6. The lowest BCUT2D eigenvalue weighted by molar-refractivity contribution is -0.130. The third kappa shape index (κ3) is 11.4. The van der Waals surface area contributed by atoms with E-state index in [0.29, 0.717) is 19.1 Å². The molecule has 4 fully saturated rings. The third-order valence-corrected chi connectivity index (χ3v) is 11.8. The molecule has 59 heavy (non-hydrogen) atoms. The smallest absolute Gasteiger partial charge is 0.227 e. The average molecular weight is 805 g/mol. The normalized spacial score (nSPS) is 19.2. The highest BCUT2D eigenvalue weighted by Crippen LogP contribution is 2.32. The number of hydrogen-bond acceptors (Lipinski definition) is 13. The van der Waals surface area contributed by atoms with Crippen molar-refractivity contribution in [1.29, 1.82) is 0 Å². The molecular formula is C44H60N12O3. The Morgan fingerprint density at radius 3 is 1.66 bits per heavy atom. The lowest BCUT2D eigenvalue weighted by Crippen LogP contribution is -2.38. The fourth-order valence-corrected chi connectivity index (χ4v) is 8.17. The van der Waals surface area contributed by atoms with Crippen LogP contribution in [0.4, 0.5) is 35.2 Å². The Morgan fingerprint density at radius 1 is 0.610 bits per heavy atom. The molecule has 1 unspecified atom stereocenters. The molecule has 8 heterocycles. The van der Waals surface area contributed by atoms with Crippen molar-refractivity contribution in [3.63, 3.8) is 0 Å². The van der Waals surface area contributed by atoms with Crippen LogP contribution in [0.1, 0.15) is 93.6 Å². The van der Waals surface area contributed by atoms with Crippen molar-refractivity contribution in [2.75, 3.05) is 86.0 Å². The van der Waals surface area contributed by atoms with E-state index in [-0.39, 0.29) is 17.7 Å². The molecule has 1 atom stereocenters. The van der Waals surface area contributed by atoms with Gasteiger partial charge < -0.3 is 35.0 Å². The van der Waals surface area contributed by atoms with Crippen LogP contribution in [0.3, 0.4) is 0 Å². The number of amides is 2. The Labute approximate surface area is 348 Å². The average Bonchev–Trinajstić information content (AvgIpc) is 3.24. The zero-order valence-electron chi connectivity index (χ0n) is 35.4. The first-order valence-corrected chi connectivity index (χ1v) is 21.3. The standard InChI is InChI=1S/C23H32N6O.C21H28N6O2/c1-16-7-11-28(12-8-16)23-25-20(19-5-4-10-29(15-19)18(3)30)14-22(27-23)26-21-13-17(2)6-9-24-21;1-15-3-6-22-19(13-15)24-20-14-18(17-4-7-26(8-5-17)16(2)28)23-21(25-20)27-9-11-29-12-10-27/h6,9,13-14,16,19H,4-5,7-8,10-12,15H2,1-3H3,(H,24,25,26,27);3,6,13-14,17H,4-5,7-12H2,1-2H3,(H,22,23,24,25). The highest BCUT2D eigenvalue weighted by molar-refractivity contribution is 5.73. The lowest BCUT2D eigenvalue weighted by Gasteiger charge is -2.33. The molecule has 0 spiro atoms. The molecule has 0 aromatic carbocycles. The first kappa shape index (κ1) is 41.7. The fraction of sp³-hybridized carbons (Fsp3) is 0.545. The number of piperidine rings is 3. The molecule has 8 rings (SSSR count). The Balaban J connectivity index is 0.000000179. The van der Waals surface area contributed by atoms with E-state index >= 15 is 0 Å². The van der Waals surface area contributed by atoms with Crippen LogP contribution in [0.15, 0.2) is 48.8 Å². The predicted molar refractivity (Wildman–Crippen MR) is 231 cm³/mol. The molecule has 4 aliphatic rings. The van der Waals surface area contributed by atoms with Crippen molar-refractivity contribution in [1.82, 2.24) is 39.7 Å². The summed E-state index contributed by atoms with van der Waals surface area (Å²) in [5.41, 5.74) is 4.33. The number of carbonyl (C=O) groups excluding carboxylic acids is 2. The summed E-state index contributed by atoms with van der Waals surface area (Å²) in [5.74, 6) is 6.19. The molecule has 4 aromatic rings. The molecule has 314 valence electrons. The number of hydrogen-bond donors (Lipinski definition) is 2. The van der Waals surface area contributed by atoms with Gasteiger partial charge in [0.2, 0.25) is 23.7 Å². The van der Waals surface area contributed by atoms with Crippen molar-refractivity contribution in [2.24, 2.45) is 5.92 Å². The summed E-state index contributed by atoms with van der Waals surface area (Å²) in [5, 5.41) is 6.72. The van der Waals surface area contributed by atoms with E-state index in [1.165, 1.54) is 0 Å². The van der Waals surface area contributed by atoms with Crippen LogP contribution < -0.4 is 20.4 Å². The molecule has 0 aliphatic carbocycles. The summed E-state index contributed by atoms with van der Waals surface area (Å²) in [7, 11) is 0. The second-order valence-corrected chi connectivity index (χ2v) is 16.5. The number of nitrogens with zero attached hydrogens (tertiary/aromatic N) is 10. The maximum atomic E-state index is 11.9. The minimum absolute atomic E-state index is 0.140. The number of aryl methyl sites for hydroxylation is 2. The van der Waals surface area contributed by atoms with E-state index in [1.807, 2.05) is 53.1 Å². The molecule has 0 radical (unpaired) electrons. The largest absolute Gasteiger partial charge is 0.378 e. The van der Waals surface area contributed by atoms with Crippen molar-refractivity contribution in [2.45, 2.75) is 85.0 Å². The van der Waals surface area contributed by atoms with Gasteiger partial charge in [0.05, 0.1) is 24.6 Å². The van der Waals surface area contributed by atoms with Gasteiger partial charge in [-0.15, -0.1) is 0 Å². The summed E-state index contributed by atoms with van der Waals surface area (Å²) < 4.78 is 5.48. The van der Waals surface area contributed by atoms with E-state index in [4.69, 9.17) is 24.7 Å². The highest BCUT2D eigenvalue weighted by atomic mass is 16.5. The van der Waals surface area contributed by atoms with E-state index in [0.717, 1.165) is 154 Å². The molecule has 0 saturated carbocycles. The number of nitrogens with one attached hydrogen (secondary N) is 2. The van der Waals surface area contributed by atoms with Crippen LogP contribution in [-0.2, 0) is 14.3 Å². The van der Waals surface area contributed by atoms with Crippen LogP contribution in [0.25, 0.3) is 0 Å². The molecule has 2 N–H and O–H groups in total. The first-order valence-electron chi connectivity index (χ1n) is 21.3. The fourth-order valence-electron chi connectivity index (χ4n) is 8.17. The van der Waals surface area contributed by atoms with Gasteiger partial charge >= 0.3 is 0 Å². The molecule has 2 amide bonds. The Kier molecular flexibility index (Phi) is 13.8. The van der Waals surface area contributed by atoms with Gasteiger partial charge in [-0.25, -0.2) is 19.9 Å². The van der Waals surface area contributed by atoms with Crippen LogP contribution in [0.2, 0.25) is 0 Å². The number of ether oxygens (including phenoxy) is 1. The van der Waals surface area contributed by atoms with Crippen molar-refractivity contribution in [3.8, 4) is 0 Å². The molecule has 15 nitrogen and oxygen atoms in total. The number of likely N-dealkylation sites (tertiary alicyclic amines) is 2. The molecule has 0 bridgehead atoms. The van der Waals surface area contributed by atoms with Gasteiger partial charge in [-0.2, -0.15) is 9.97 Å². The number of pyridine rings is 2. The summed E-state index contributed by atoms with van der Waals surface area (Å²) in [6.45, 7) is 17.7. The maximum absolute atomic E-state index is 11.9. The van der Waals surface area contributed by atoms with Crippen molar-refractivity contribution < 1.29 is 14.3 Å². The lowest BCUT2D eigenvalue weighted by atomic mass is 9.93. The molecule has 4 aliphatic heterocycles. The number of rotatable bonds is 8. The molecule has 4 saturated heterocycles. The van der Waals surface area contributed by atoms with Crippen molar-refractivity contribution in [3.05, 3.63) is 71.3 Å².